The first-order valence-electron chi connectivity index (χ1n) is 9.93. The van der Waals surface area contributed by atoms with Crippen LogP contribution in [0.15, 0.2) is 36.4 Å². The lowest BCUT2D eigenvalue weighted by atomic mass is 9.92. The number of benzene rings is 2. The third-order valence-electron chi connectivity index (χ3n) is 5.18. The first-order chi connectivity index (χ1) is 14.4. The SMILES string of the molecule is NCCCCc1ccc(CC(=O)N[C@H]2C[C@H](C(=O)O)Nc3cc(Cl)cc(Cl)c32)cc1. The second-order valence-corrected chi connectivity index (χ2v) is 8.32. The number of aliphatic carboxylic acids is 1. The molecule has 2 atom stereocenters. The summed E-state index contributed by atoms with van der Waals surface area (Å²) in [4.78, 5) is 24.2. The largest absolute Gasteiger partial charge is 0.480 e. The Kier molecular flexibility index (Phi) is 7.58. The van der Waals surface area contributed by atoms with Crippen molar-refractivity contribution in [3.8, 4) is 0 Å². The van der Waals surface area contributed by atoms with E-state index in [0.717, 1.165) is 24.8 Å². The first-order valence-corrected chi connectivity index (χ1v) is 10.7. The third-order valence-corrected chi connectivity index (χ3v) is 5.72. The van der Waals surface area contributed by atoms with Gasteiger partial charge in [-0.2, -0.15) is 0 Å². The number of amides is 1. The van der Waals surface area contributed by atoms with Gasteiger partial charge in [0.1, 0.15) is 6.04 Å². The van der Waals surface area contributed by atoms with Crippen molar-refractivity contribution in [2.24, 2.45) is 5.73 Å². The van der Waals surface area contributed by atoms with Gasteiger partial charge >= 0.3 is 5.97 Å². The number of anilines is 1. The van der Waals surface area contributed by atoms with Crippen LogP contribution >= 0.6 is 23.2 Å². The van der Waals surface area contributed by atoms with Crippen LogP contribution in [0.25, 0.3) is 0 Å². The Bertz CT molecular complexity index is 919. The highest BCUT2D eigenvalue weighted by atomic mass is 35.5. The molecule has 0 aliphatic carbocycles. The number of halogens is 2. The number of fused-ring (bicyclic) bond motifs is 1. The minimum Gasteiger partial charge on any atom is -0.480 e. The number of carbonyl (C=O) groups is 2. The molecule has 0 radical (unpaired) electrons. The highest BCUT2D eigenvalue weighted by molar-refractivity contribution is 6.35. The van der Waals surface area contributed by atoms with Gasteiger partial charge in [-0.1, -0.05) is 47.5 Å². The molecule has 3 rings (SSSR count). The maximum Gasteiger partial charge on any atom is 0.326 e. The van der Waals surface area contributed by atoms with Gasteiger partial charge < -0.3 is 21.5 Å². The summed E-state index contributed by atoms with van der Waals surface area (Å²) in [5, 5.41) is 16.1. The van der Waals surface area contributed by atoms with Gasteiger partial charge in [0.05, 0.1) is 12.5 Å². The summed E-state index contributed by atoms with van der Waals surface area (Å²) in [5.41, 5.74) is 8.81. The zero-order valence-electron chi connectivity index (χ0n) is 16.5. The summed E-state index contributed by atoms with van der Waals surface area (Å²) in [7, 11) is 0. The van der Waals surface area contributed by atoms with Gasteiger partial charge in [-0.05, 0) is 49.1 Å². The quantitative estimate of drug-likeness (QED) is 0.456. The lowest BCUT2D eigenvalue weighted by Gasteiger charge is -2.32. The van der Waals surface area contributed by atoms with Crippen molar-refractivity contribution < 1.29 is 14.7 Å². The van der Waals surface area contributed by atoms with Crippen LogP contribution in [0.3, 0.4) is 0 Å². The van der Waals surface area contributed by atoms with Crippen LogP contribution < -0.4 is 16.4 Å². The van der Waals surface area contributed by atoms with E-state index >= 15 is 0 Å². The molecular formula is C22H25Cl2N3O3. The van der Waals surface area contributed by atoms with Crippen molar-refractivity contribution in [3.63, 3.8) is 0 Å². The lowest BCUT2D eigenvalue weighted by molar-refractivity contribution is -0.138. The average molecular weight is 450 g/mol. The molecule has 0 saturated carbocycles. The van der Waals surface area contributed by atoms with Crippen LogP contribution in [0.4, 0.5) is 5.69 Å². The molecule has 1 heterocycles. The number of unbranched alkanes of at least 4 members (excludes halogenated alkanes) is 1. The van der Waals surface area contributed by atoms with Crippen LogP contribution in [0.5, 0.6) is 0 Å². The van der Waals surface area contributed by atoms with E-state index in [1.807, 2.05) is 24.3 Å². The fourth-order valence-electron chi connectivity index (χ4n) is 3.68. The van der Waals surface area contributed by atoms with E-state index in [4.69, 9.17) is 28.9 Å². The summed E-state index contributed by atoms with van der Waals surface area (Å²) in [6.45, 7) is 0.691. The highest BCUT2D eigenvalue weighted by Crippen LogP contribution is 2.39. The number of hydrogen-bond acceptors (Lipinski definition) is 4. The Hall–Kier alpha value is -2.28. The second kappa shape index (κ2) is 10.2. The minimum absolute atomic E-state index is 0.190. The van der Waals surface area contributed by atoms with Gasteiger partial charge in [0.2, 0.25) is 5.91 Å². The number of carboxylic acid groups (broad SMARTS) is 1. The van der Waals surface area contributed by atoms with Crippen molar-refractivity contribution in [3.05, 3.63) is 63.1 Å². The van der Waals surface area contributed by atoms with Gasteiger partial charge in [-0.25, -0.2) is 4.79 Å². The predicted molar refractivity (Wildman–Crippen MR) is 119 cm³/mol. The molecule has 0 saturated heterocycles. The molecule has 0 aromatic heterocycles. The molecule has 2 aromatic rings. The number of carbonyl (C=O) groups excluding carboxylic acids is 1. The van der Waals surface area contributed by atoms with E-state index in [1.54, 1.807) is 12.1 Å². The smallest absolute Gasteiger partial charge is 0.326 e. The Morgan fingerprint density at radius 2 is 1.83 bits per heavy atom. The molecule has 0 spiro atoms. The standard InChI is InChI=1S/C22H25Cl2N3O3/c23-15-10-16(24)21-17(11-15)26-19(22(29)30)12-18(21)27-20(28)9-14-6-4-13(5-7-14)3-1-2-8-25/h4-7,10-11,18-19,26H,1-3,8-9,12,25H2,(H,27,28)(H,29,30)/t18-,19+/m0/s1. The van der Waals surface area contributed by atoms with E-state index in [2.05, 4.69) is 10.6 Å². The van der Waals surface area contributed by atoms with Crippen molar-refractivity contribution >= 4 is 40.8 Å². The molecule has 8 heteroatoms. The van der Waals surface area contributed by atoms with E-state index in [9.17, 15) is 14.7 Å². The van der Waals surface area contributed by atoms with Crippen molar-refractivity contribution in [1.29, 1.82) is 0 Å². The van der Waals surface area contributed by atoms with Gasteiger partial charge in [-0.3, -0.25) is 4.79 Å². The Morgan fingerprint density at radius 1 is 1.13 bits per heavy atom. The van der Waals surface area contributed by atoms with E-state index < -0.39 is 18.1 Å². The van der Waals surface area contributed by atoms with Gasteiger partial charge in [0.25, 0.3) is 0 Å². The molecule has 1 aliphatic heterocycles. The molecule has 1 aliphatic rings. The van der Waals surface area contributed by atoms with Crippen LogP contribution in [-0.2, 0) is 22.4 Å². The molecule has 5 N–H and O–H groups in total. The van der Waals surface area contributed by atoms with Crippen molar-refractivity contribution in [2.45, 2.75) is 44.2 Å². The molecule has 6 nitrogen and oxygen atoms in total. The minimum atomic E-state index is -0.999. The fourth-order valence-corrected chi connectivity index (χ4v) is 4.31. The lowest BCUT2D eigenvalue weighted by Crippen LogP contribution is -2.41. The second-order valence-electron chi connectivity index (χ2n) is 7.48. The maximum absolute atomic E-state index is 12.7. The monoisotopic (exact) mass is 449 g/mol. The van der Waals surface area contributed by atoms with E-state index in [-0.39, 0.29) is 18.7 Å². The van der Waals surface area contributed by atoms with Gasteiger partial charge in [0.15, 0.2) is 0 Å². The van der Waals surface area contributed by atoms with Crippen LogP contribution in [-0.4, -0.2) is 29.6 Å². The summed E-state index contributed by atoms with van der Waals surface area (Å²) in [5.74, 6) is -1.19. The van der Waals surface area contributed by atoms with Crippen molar-refractivity contribution in [2.75, 3.05) is 11.9 Å². The summed E-state index contributed by atoms with van der Waals surface area (Å²) < 4.78 is 0. The zero-order chi connectivity index (χ0) is 21.7. The summed E-state index contributed by atoms with van der Waals surface area (Å²) in [6.07, 6.45) is 3.39. The normalized spacial score (nSPS) is 17.7. The Balaban J connectivity index is 1.69. The molecule has 0 fully saturated rings. The third kappa shape index (κ3) is 5.65. The molecule has 0 bridgehead atoms. The number of carboxylic acids is 1. The molecule has 2 aromatic carbocycles. The number of rotatable bonds is 8. The fraction of sp³-hybridized carbons (Fsp3) is 0.364. The van der Waals surface area contributed by atoms with Crippen LogP contribution in [0.2, 0.25) is 10.0 Å². The molecule has 1 amide bonds. The zero-order valence-corrected chi connectivity index (χ0v) is 18.0. The molecule has 160 valence electrons. The first kappa shape index (κ1) is 22.4. The predicted octanol–water partition coefficient (Wildman–Crippen LogP) is 3.94. The summed E-state index contributed by atoms with van der Waals surface area (Å²) in [6, 6.07) is 9.80. The Morgan fingerprint density at radius 3 is 2.50 bits per heavy atom. The molecular weight excluding hydrogens is 425 g/mol. The maximum atomic E-state index is 12.7. The number of nitrogens with two attached hydrogens (primary N) is 1. The Labute approximate surface area is 185 Å². The van der Waals surface area contributed by atoms with E-state index in [0.29, 0.717) is 27.8 Å². The number of aryl methyl sites for hydroxylation is 1. The molecule has 0 unspecified atom stereocenters. The van der Waals surface area contributed by atoms with E-state index in [1.165, 1.54) is 5.56 Å². The molecule has 30 heavy (non-hydrogen) atoms. The number of hydrogen-bond donors (Lipinski definition) is 4. The average Bonchev–Trinajstić information content (AvgIpc) is 2.68. The van der Waals surface area contributed by atoms with Gasteiger partial charge in [-0.15, -0.1) is 0 Å². The van der Waals surface area contributed by atoms with Gasteiger partial charge in [0, 0.05) is 27.7 Å². The summed E-state index contributed by atoms with van der Waals surface area (Å²) >= 11 is 12.4. The van der Waals surface area contributed by atoms with Crippen LogP contribution in [0, 0.1) is 0 Å². The topological polar surface area (TPSA) is 104 Å². The van der Waals surface area contributed by atoms with Crippen molar-refractivity contribution in [1.82, 2.24) is 5.32 Å². The highest BCUT2D eigenvalue weighted by Gasteiger charge is 2.33. The van der Waals surface area contributed by atoms with Crippen LogP contribution in [0.1, 0.15) is 42.0 Å². The number of nitrogens with one attached hydrogen (secondary N) is 2.